The maximum absolute atomic E-state index is 13.1. The lowest BCUT2D eigenvalue weighted by molar-refractivity contribution is -0.116. The Balaban J connectivity index is 1.54. The number of anilines is 3. The number of carbonyl (C=O) groups excluding carboxylic acids is 2. The lowest BCUT2D eigenvalue weighted by Crippen LogP contribution is -2.35. The van der Waals surface area contributed by atoms with Gasteiger partial charge in [-0.1, -0.05) is 31.2 Å². The molecular weight excluding hydrogens is 450 g/mol. The maximum atomic E-state index is 13.1. The first-order valence-electron chi connectivity index (χ1n) is 11.3. The van der Waals surface area contributed by atoms with Crippen LogP contribution in [0.5, 0.6) is 0 Å². The third kappa shape index (κ3) is 5.28. The Kier molecular flexibility index (Phi) is 6.98. The molecule has 1 aliphatic rings. The first-order chi connectivity index (χ1) is 16.4. The molecule has 176 valence electrons. The Bertz CT molecular complexity index is 1290. The molecule has 0 atom stereocenters. The van der Waals surface area contributed by atoms with Gasteiger partial charge in [-0.15, -0.1) is 0 Å². The van der Waals surface area contributed by atoms with Crippen molar-refractivity contribution in [3.05, 3.63) is 83.9 Å². The van der Waals surface area contributed by atoms with Gasteiger partial charge in [0.2, 0.25) is 5.91 Å². The van der Waals surface area contributed by atoms with Gasteiger partial charge in [-0.3, -0.25) is 14.3 Å². The van der Waals surface area contributed by atoms with Crippen molar-refractivity contribution in [2.75, 3.05) is 21.5 Å². The van der Waals surface area contributed by atoms with E-state index < -0.39 is 10.0 Å². The van der Waals surface area contributed by atoms with Gasteiger partial charge in [0.25, 0.3) is 15.9 Å². The van der Waals surface area contributed by atoms with Crippen LogP contribution in [-0.2, 0) is 21.2 Å². The van der Waals surface area contributed by atoms with Crippen LogP contribution in [0.2, 0.25) is 0 Å². The molecule has 0 unspecified atom stereocenters. The Labute approximate surface area is 199 Å². The van der Waals surface area contributed by atoms with Crippen LogP contribution in [0.4, 0.5) is 17.1 Å². The minimum absolute atomic E-state index is 0.0796. The van der Waals surface area contributed by atoms with Gasteiger partial charge in [0, 0.05) is 29.9 Å². The Morgan fingerprint density at radius 3 is 2.35 bits per heavy atom. The summed E-state index contributed by atoms with van der Waals surface area (Å²) < 4.78 is 28.5. The number of carbonyl (C=O) groups is 2. The van der Waals surface area contributed by atoms with Crippen molar-refractivity contribution in [2.45, 2.75) is 37.5 Å². The van der Waals surface area contributed by atoms with E-state index in [4.69, 9.17) is 0 Å². The van der Waals surface area contributed by atoms with Gasteiger partial charge >= 0.3 is 0 Å². The predicted octanol–water partition coefficient (Wildman–Crippen LogP) is 4.82. The monoisotopic (exact) mass is 477 g/mol. The number of nitrogens with one attached hydrogen (secondary N) is 2. The highest BCUT2D eigenvalue weighted by molar-refractivity contribution is 7.92. The fourth-order valence-corrected chi connectivity index (χ4v) is 5.02. The summed E-state index contributed by atoms with van der Waals surface area (Å²) in [6.07, 6.45) is 2.81. The molecule has 0 bridgehead atoms. The van der Waals surface area contributed by atoms with Crippen molar-refractivity contribution in [2.24, 2.45) is 0 Å². The summed E-state index contributed by atoms with van der Waals surface area (Å²) in [4.78, 5) is 26.6. The molecule has 2 N–H and O–H groups in total. The van der Waals surface area contributed by atoms with Gasteiger partial charge in [-0.05, 0) is 73.4 Å². The minimum Gasteiger partial charge on any atom is -0.326 e. The third-order valence-electron chi connectivity index (χ3n) is 5.65. The van der Waals surface area contributed by atoms with Crippen LogP contribution in [0, 0.1) is 0 Å². The number of hydrogen-bond acceptors (Lipinski definition) is 4. The first kappa shape index (κ1) is 23.5. The van der Waals surface area contributed by atoms with Gasteiger partial charge in [0.05, 0.1) is 10.6 Å². The van der Waals surface area contributed by atoms with Crippen LogP contribution >= 0.6 is 0 Å². The Hall–Kier alpha value is -3.65. The molecule has 3 aromatic rings. The van der Waals surface area contributed by atoms with Crippen molar-refractivity contribution < 1.29 is 18.0 Å². The fraction of sp³-hybridized carbons (Fsp3) is 0.231. The highest BCUT2D eigenvalue weighted by atomic mass is 32.2. The van der Waals surface area contributed by atoms with Crippen molar-refractivity contribution in [1.82, 2.24) is 0 Å². The molecule has 7 nitrogen and oxygen atoms in total. The lowest BCUT2D eigenvalue weighted by Gasteiger charge is -2.30. The molecule has 0 saturated heterocycles. The Morgan fingerprint density at radius 2 is 1.65 bits per heavy atom. The summed E-state index contributed by atoms with van der Waals surface area (Å²) in [7, 11) is -3.85. The minimum atomic E-state index is -3.85. The first-order valence-corrected chi connectivity index (χ1v) is 12.8. The molecular formula is C26H27N3O4S. The molecule has 8 heteroatoms. The number of benzene rings is 3. The molecule has 1 heterocycles. The van der Waals surface area contributed by atoms with E-state index in [0.29, 0.717) is 35.6 Å². The van der Waals surface area contributed by atoms with E-state index in [9.17, 15) is 18.0 Å². The average molecular weight is 478 g/mol. The standard InChI is InChI=1S/C26H27N3O4S/c1-2-7-25(30)27-21-13-15-23(16-14-21)34(32,33)28-22-12-11-19-10-6-17-29(24(19)18-22)26(31)20-8-4-3-5-9-20/h3-5,8-9,11-16,18,28H,2,6-7,10,17H2,1H3,(H,27,30). The summed E-state index contributed by atoms with van der Waals surface area (Å²) in [6.45, 7) is 2.49. The molecule has 2 amide bonds. The molecule has 34 heavy (non-hydrogen) atoms. The van der Waals surface area contributed by atoms with E-state index >= 15 is 0 Å². The molecule has 0 aliphatic carbocycles. The summed E-state index contributed by atoms with van der Waals surface area (Å²) in [5.74, 6) is -0.220. The summed E-state index contributed by atoms with van der Waals surface area (Å²) in [6, 6.07) is 20.4. The fourth-order valence-electron chi connectivity index (χ4n) is 3.97. The van der Waals surface area contributed by atoms with Crippen molar-refractivity contribution in [3.8, 4) is 0 Å². The highest BCUT2D eigenvalue weighted by Gasteiger charge is 2.24. The van der Waals surface area contributed by atoms with Gasteiger partial charge in [-0.2, -0.15) is 0 Å². The topological polar surface area (TPSA) is 95.6 Å². The van der Waals surface area contributed by atoms with Crippen LogP contribution in [0.25, 0.3) is 0 Å². The molecule has 3 aromatic carbocycles. The molecule has 0 radical (unpaired) electrons. The Morgan fingerprint density at radius 1 is 0.941 bits per heavy atom. The zero-order valence-corrected chi connectivity index (χ0v) is 19.8. The van der Waals surface area contributed by atoms with E-state index in [1.165, 1.54) is 12.1 Å². The summed E-state index contributed by atoms with van der Waals surface area (Å²) in [5.41, 5.74) is 3.24. The molecule has 0 fully saturated rings. The molecule has 1 aliphatic heterocycles. The number of fused-ring (bicyclic) bond motifs is 1. The zero-order chi connectivity index (χ0) is 24.1. The maximum Gasteiger partial charge on any atom is 0.261 e. The van der Waals surface area contributed by atoms with E-state index in [-0.39, 0.29) is 16.7 Å². The largest absolute Gasteiger partial charge is 0.326 e. The second kappa shape index (κ2) is 10.1. The second-order valence-corrected chi connectivity index (χ2v) is 9.88. The van der Waals surface area contributed by atoms with Gasteiger partial charge in [0.1, 0.15) is 0 Å². The molecule has 4 rings (SSSR count). The van der Waals surface area contributed by atoms with E-state index in [0.717, 1.165) is 24.8 Å². The smallest absolute Gasteiger partial charge is 0.261 e. The highest BCUT2D eigenvalue weighted by Crippen LogP contribution is 2.32. The van der Waals surface area contributed by atoms with Crippen LogP contribution in [-0.4, -0.2) is 26.8 Å². The normalized spacial score (nSPS) is 13.1. The molecule has 0 saturated carbocycles. The van der Waals surface area contributed by atoms with Gasteiger partial charge < -0.3 is 10.2 Å². The quantitative estimate of drug-likeness (QED) is 0.510. The molecule has 0 spiro atoms. The summed E-state index contributed by atoms with van der Waals surface area (Å²) in [5, 5.41) is 2.74. The third-order valence-corrected chi connectivity index (χ3v) is 7.04. The van der Waals surface area contributed by atoms with E-state index in [2.05, 4.69) is 10.0 Å². The van der Waals surface area contributed by atoms with Crippen LogP contribution in [0.3, 0.4) is 0 Å². The number of hydrogen-bond donors (Lipinski definition) is 2. The number of sulfonamides is 1. The number of rotatable bonds is 7. The average Bonchev–Trinajstić information content (AvgIpc) is 2.84. The second-order valence-electron chi connectivity index (χ2n) is 8.20. The summed E-state index contributed by atoms with van der Waals surface area (Å²) >= 11 is 0. The van der Waals surface area contributed by atoms with E-state index in [1.807, 2.05) is 31.2 Å². The van der Waals surface area contributed by atoms with Crippen LogP contribution < -0.4 is 14.9 Å². The SMILES string of the molecule is CCCC(=O)Nc1ccc(S(=O)(=O)Nc2ccc3c(c2)N(C(=O)c2ccccc2)CCC3)cc1. The van der Waals surface area contributed by atoms with Crippen molar-refractivity contribution >= 4 is 38.9 Å². The van der Waals surface area contributed by atoms with Crippen molar-refractivity contribution in [3.63, 3.8) is 0 Å². The molecule has 0 aromatic heterocycles. The number of amides is 2. The number of nitrogens with zero attached hydrogens (tertiary/aromatic N) is 1. The van der Waals surface area contributed by atoms with Gasteiger partial charge in [0.15, 0.2) is 0 Å². The lowest BCUT2D eigenvalue weighted by atomic mass is 10.00. The van der Waals surface area contributed by atoms with Crippen LogP contribution in [0.1, 0.15) is 42.1 Å². The van der Waals surface area contributed by atoms with Crippen molar-refractivity contribution in [1.29, 1.82) is 0 Å². The zero-order valence-electron chi connectivity index (χ0n) is 19.0. The predicted molar refractivity (Wildman–Crippen MR) is 134 cm³/mol. The van der Waals surface area contributed by atoms with E-state index in [1.54, 1.807) is 41.3 Å². The van der Waals surface area contributed by atoms with Gasteiger partial charge in [-0.25, -0.2) is 8.42 Å². The number of aryl methyl sites for hydroxylation is 1. The van der Waals surface area contributed by atoms with Crippen LogP contribution in [0.15, 0.2) is 77.7 Å².